The summed E-state index contributed by atoms with van der Waals surface area (Å²) in [5.74, 6) is 0.547. The van der Waals surface area contributed by atoms with Crippen molar-refractivity contribution < 1.29 is 9.18 Å². The van der Waals surface area contributed by atoms with Crippen LogP contribution in [0.2, 0.25) is 0 Å². The minimum absolute atomic E-state index is 0.0144. The van der Waals surface area contributed by atoms with E-state index in [2.05, 4.69) is 19.2 Å². The lowest BCUT2D eigenvalue weighted by Crippen LogP contribution is -2.37. The molecule has 94 valence electrons. The number of hydrogen-bond acceptors (Lipinski definition) is 2. The van der Waals surface area contributed by atoms with Crippen LogP contribution in [0, 0.1) is 11.7 Å². The molecule has 1 rings (SSSR count). The van der Waals surface area contributed by atoms with Crippen LogP contribution in [0.1, 0.15) is 20.8 Å². The van der Waals surface area contributed by atoms with E-state index < -0.39 is 0 Å². The van der Waals surface area contributed by atoms with Crippen molar-refractivity contribution in [1.82, 2.24) is 5.32 Å². The second kappa shape index (κ2) is 6.64. The van der Waals surface area contributed by atoms with E-state index in [-0.39, 0.29) is 17.8 Å². The normalized spacial score (nSPS) is 12.5. The Morgan fingerprint density at radius 1 is 1.29 bits per heavy atom. The summed E-state index contributed by atoms with van der Waals surface area (Å²) in [5.41, 5.74) is 0. The van der Waals surface area contributed by atoms with Crippen molar-refractivity contribution in [2.75, 3.05) is 5.75 Å². The van der Waals surface area contributed by atoms with Gasteiger partial charge >= 0.3 is 0 Å². The van der Waals surface area contributed by atoms with Crippen LogP contribution in [0.15, 0.2) is 29.2 Å². The number of carbonyl (C=O) groups is 1. The minimum Gasteiger partial charge on any atom is -0.353 e. The largest absolute Gasteiger partial charge is 0.353 e. The molecule has 0 fully saturated rings. The number of carbonyl (C=O) groups excluding carboxylic acids is 1. The molecule has 2 nitrogen and oxygen atoms in total. The van der Waals surface area contributed by atoms with Gasteiger partial charge in [0.25, 0.3) is 0 Å². The second-order valence-corrected chi connectivity index (χ2v) is 5.39. The predicted molar refractivity (Wildman–Crippen MR) is 69.6 cm³/mol. The molecule has 1 aromatic rings. The number of hydrogen-bond donors (Lipinski definition) is 1. The van der Waals surface area contributed by atoms with Crippen LogP contribution in [0.5, 0.6) is 0 Å². The van der Waals surface area contributed by atoms with Gasteiger partial charge in [-0.15, -0.1) is 11.8 Å². The van der Waals surface area contributed by atoms with Crippen LogP contribution in [-0.2, 0) is 4.79 Å². The van der Waals surface area contributed by atoms with Gasteiger partial charge in [0.15, 0.2) is 0 Å². The quantitative estimate of drug-likeness (QED) is 0.819. The first-order valence-corrected chi connectivity index (χ1v) is 6.65. The highest BCUT2D eigenvalue weighted by Gasteiger charge is 2.10. The number of nitrogens with one attached hydrogen (secondary N) is 1. The Morgan fingerprint density at radius 3 is 2.41 bits per heavy atom. The molecule has 17 heavy (non-hydrogen) atoms. The third-order valence-corrected chi connectivity index (χ3v) is 3.58. The molecule has 1 atom stereocenters. The standard InChI is InChI=1S/C13H18FNOS/c1-9(2)10(3)15-13(16)8-17-12-6-4-11(14)5-7-12/h4-7,9-10H,8H2,1-3H3,(H,15,16). The second-order valence-electron chi connectivity index (χ2n) is 4.34. The zero-order chi connectivity index (χ0) is 12.8. The van der Waals surface area contributed by atoms with E-state index in [1.165, 1.54) is 23.9 Å². The number of benzene rings is 1. The van der Waals surface area contributed by atoms with Gasteiger partial charge in [-0.3, -0.25) is 4.79 Å². The van der Waals surface area contributed by atoms with Gasteiger partial charge < -0.3 is 5.32 Å². The monoisotopic (exact) mass is 255 g/mol. The van der Waals surface area contributed by atoms with Crippen LogP contribution < -0.4 is 5.32 Å². The highest BCUT2D eigenvalue weighted by atomic mass is 32.2. The zero-order valence-electron chi connectivity index (χ0n) is 10.4. The maximum Gasteiger partial charge on any atom is 0.230 e. The van der Waals surface area contributed by atoms with Gasteiger partial charge in [0.2, 0.25) is 5.91 Å². The van der Waals surface area contributed by atoms with Crippen LogP contribution in [0.3, 0.4) is 0 Å². The highest BCUT2D eigenvalue weighted by molar-refractivity contribution is 8.00. The summed E-state index contributed by atoms with van der Waals surface area (Å²) in [6, 6.07) is 6.34. The smallest absolute Gasteiger partial charge is 0.230 e. The van der Waals surface area contributed by atoms with Crippen LogP contribution in [0.25, 0.3) is 0 Å². The summed E-state index contributed by atoms with van der Waals surface area (Å²) in [6.07, 6.45) is 0. The number of amides is 1. The van der Waals surface area contributed by atoms with E-state index in [0.29, 0.717) is 11.7 Å². The summed E-state index contributed by atoms with van der Waals surface area (Å²) >= 11 is 1.41. The summed E-state index contributed by atoms with van der Waals surface area (Å²) in [5, 5.41) is 2.93. The lowest BCUT2D eigenvalue weighted by molar-refractivity contribution is -0.119. The van der Waals surface area contributed by atoms with Gasteiger partial charge in [-0.1, -0.05) is 13.8 Å². The van der Waals surface area contributed by atoms with Crippen LogP contribution >= 0.6 is 11.8 Å². The van der Waals surface area contributed by atoms with Crippen molar-refractivity contribution in [3.8, 4) is 0 Å². The first-order chi connectivity index (χ1) is 7.99. The van der Waals surface area contributed by atoms with Crippen molar-refractivity contribution in [3.05, 3.63) is 30.1 Å². The van der Waals surface area contributed by atoms with Crippen molar-refractivity contribution in [1.29, 1.82) is 0 Å². The SMILES string of the molecule is CC(C)C(C)NC(=O)CSc1ccc(F)cc1. The molecule has 0 saturated heterocycles. The van der Waals surface area contributed by atoms with E-state index in [4.69, 9.17) is 0 Å². The minimum atomic E-state index is -0.257. The molecule has 1 amide bonds. The Kier molecular flexibility index (Phi) is 5.48. The van der Waals surface area contributed by atoms with Crippen molar-refractivity contribution in [2.24, 2.45) is 5.92 Å². The van der Waals surface area contributed by atoms with Crippen LogP contribution in [0.4, 0.5) is 4.39 Å². The molecule has 1 unspecified atom stereocenters. The van der Waals surface area contributed by atoms with Crippen molar-refractivity contribution in [3.63, 3.8) is 0 Å². The number of thioether (sulfide) groups is 1. The maximum absolute atomic E-state index is 12.7. The molecule has 4 heteroatoms. The Labute approximate surface area is 106 Å². The number of halogens is 1. The third kappa shape index (κ3) is 5.22. The number of rotatable bonds is 5. The molecule has 0 saturated carbocycles. The molecule has 0 radical (unpaired) electrons. The predicted octanol–water partition coefficient (Wildman–Crippen LogP) is 3.08. The Balaban J connectivity index is 2.35. The van der Waals surface area contributed by atoms with Gasteiger partial charge in [0.05, 0.1) is 5.75 Å². The van der Waals surface area contributed by atoms with E-state index in [0.717, 1.165) is 4.90 Å². The molecular weight excluding hydrogens is 237 g/mol. The van der Waals surface area contributed by atoms with E-state index in [1.54, 1.807) is 12.1 Å². The van der Waals surface area contributed by atoms with E-state index in [1.807, 2.05) is 6.92 Å². The first kappa shape index (κ1) is 14.0. The molecule has 1 N–H and O–H groups in total. The summed E-state index contributed by atoms with van der Waals surface area (Å²) in [4.78, 5) is 12.5. The van der Waals surface area contributed by atoms with Gasteiger partial charge in [-0.2, -0.15) is 0 Å². The highest BCUT2D eigenvalue weighted by Crippen LogP contribution is 2.17. The fourth-order valence-corrected chi connectivity index (χ4v) is 1.85. The molecule has 1 aromatic carbocycles. The molecule has 0 aromatic heterocycles. The Morgan fingerprint density at radius 2 is 1.88 bits per heavy atom. The average Bonchev–Trinajstić information content (AvgIpc) is 2.28. The average molecular weight is 255 g/mol. The lowest BCUT2D eigenvalue weighted by atomic mass is 10.1. The molecule has 0 bridgehead atoms. The van der Waals surface area contributed by atoms with Gasteiger partial charge in [0.1, 0.15) is 5.82 Å². The van der Waals surface area contributed by atoms with Gasteiger partial charge in [-0.05, 0) is 37.1 Å². The third-order valence-electron chi connectivity index (χ3n) is 2.57. The van der Waals surface area contributed by atoms with Gasteiger partial charge in [0, 0.05) is 10.9 Å². The maximum atomic E-state index is 12.7. The van der Waals surface area contributed by atoms with E-state index >= 15 is 0 Å². The fourth-order valence-electron chi connectivity index (χ4n) is 1.14. The molecule has 0 aliphatic heterocycles. The zero-order valence-corrected chi connectivity index (χ0v) is 11.2. The Hall–Kier alpha value is -1.03. The topological polar surface area (TPSA) is 29.1 Å². The summed E-state index contributed by atoms with van der Waals surface area (Å²) < 4.78 is 12.7. The molecule has 0 spiro atoms. The molecule has 0 aliphatic rings. The summed E-state index contributed by atoms with van der Waals surface area (Å²) in [7, 11) is 0. The van der Waals surface area contributed by atoms with Crippen molar-refractivity contribution in [2.45, 2.75) is 31.7 Å². The molecule has 0 aliphatic carbocycles. The fraction of sp³-hybridized carbons (Fsp3) is 0.462. The Bertz CT molecular complexity index is 364. The first-order valence-electron chi connectivity index (χ1n) is 5.66. The van der Waals surface area contributed by atoms with E-state index in [9.17, 15) is 9.18 Å². The summed E-state index contributed by atoms with van der Waals surface area (Å²) in [6.45, 7) is 6.13. The van der Waals surface area contributed by atoms with Crippen molar-refractivity contribution >= 4 is 17.7 Å². The molecule has 0 heterocycles. The van der Waals surface area contributed by atoms with Crippen LogP contribution in [-0.4, -0.2) is 17.7 Å². The van der Waals surface area contributed by atoms with Gasteiger partial charge in [-0.25, -0.2) is 4.39 Å². The lowest BCUT2D eigenvalue weighted by Gasteiger charge is -2.17. The molecular formula is C13H18FNOS.